The Hall–Kier alpha value is -1.76. The molecule has 0 bridgehead atoms. The molecule has 4 heteroatoms. The van der Waals surface area contributed by atoms with Gasteiger partial charge in [0.2, 0.25) is 0 Å². The van der Waals surface area contributed by atoms with E-state index in [1.807, 2.05) is 0 Å². The molecule has 2 N–H and O–H groups in total. The minimum absolute atomic E-state index is 0.325. The van der Waals surface area contributed by atoms with Crippen LogP contribution in [0.1, 0.15) is 6.92 Å². The summed E-state index contributed by atoms with van der Waals surface area (Å²) >= 11 is 0. The fraction of sp³-hybridized carbons (Fsp3) is 0.143. The second kappa shape index (κ2) is 3.42. The van der Waals surface area contributed by atoms with Crippen LogP contribution in [0.15, 0.2) is 12.4 Å². The number of hydrogen-bond donors (Lipinski definition) is 2. The van der Waals surface area contributed by atoms with E-state index in [-0.39, 0.29) is 5.91 Å². The van der Waals surface area contributed by atoms with Gasteiger partial charge in [0.1, 0.15) is 0 Å². The number of carbonyl (C=O) groups excluding carboxylic acids is 1. The van der Waals surface area contributed by atoms with E-state index in [0.717, 1.165) is 0 Å². The molecule has 0 unspecified atom stereocenters. The van der Waals surface area contributed by atoms with Gasteiger partial charge in [-0.15, -0.1) is 0 Å². The number of amides is 1. The van der Waals surface area contributed by atoms with Crippen molar-refractivity contribution in [1.82, 2.24) is 10.2 Å². The monoisotopic (exact) mass is 149 g/mol. The van der Waals surface area contributed by atoms with Crippen molar-refractivity contribution >= 4 is 11.6 Å². The maximum Gasteiger partial charge on any atom is 0.300 e. The summed E-state index contributed by atoms with van der Waals surface area (Å²) < 4.78 is 0. The molecule has 0 saturated carbocycles. The molecule has 1 aromatic rings. The highest BCUT2D eigenvalue weighted by molar-refractivity contribution is 6.03. The Bertz CT molecular complexity index is 291. The molecule has 1 amide bonds. The molecule has 0 spiro atoms. The molecule has 0 aliphatic heterocycles. The van der Waals surface area contributed by atoms with Gasteiger partial charge in [0.25, 0.3) is 5.91 Å². The van der Waals surface area contributed by atoms with E-state index in [1.165, 1.54) is 6.20 Å². The van der Waals surface area contributed by atoms with Gasteiger partial charge in [-0.2, -0.15) is 5.10 Å². The Morgan fingerprint density at radius 1 is 1.82 bits per heavy atom. The van der Waals surface area contributed by atoms with E-state index >= 15 is 0 Å². The van der Waals surface area contributed by atoms with Crippen LogP contribution in [-0.4, -0.2) is 16.1 Å². The van der Waals surface area contributed by atoms with Crippen molar-refractivity contribution < 1.29 is 4.79 Å². The molecule has 1 heterocycles. The first-order valence-corrected chi connectivity index (χ1v) is 3.05. The van der Waals surface area contributed by atoms with E-state index in [0.29, 0.717) is 5.69 Å². The van der Waals surface area contributed by atoms with Gasteiger partial charge < -0.3 is 5.32 Å². The lowest BCUT2D eigenvalue weighted by Crippen LogP contribution is -2.07. The maximum atomic E-state index is 10.8. The molecule has 0 aromatic carbocycles. The summed E-state index contributed by atoms with van der Waals surface area (Å²) in [5.74, 6) is 4.50. The third-order valence-corrected chi connectivity index (χ3v) is 0.995. The average molecular weight is 149 g/mol. The summed E-state index contributed by atoms with van der Waals surface area (Å²) in [6.45, 7) is 1.61. The van der Waals surface area contributed by atoms with Gasteiger partial charge >= 0.3 is 0 Å². The van der Waals surface area contributed by atoms with Crippen LogP contribution in [0.5, 0.6) is 0 Å². The van der Waals surface area contributed by atoms with Crippen LogP contribution in [0.2, 0.25) is 0 Å². The lowest BCUT2D eigenvalue weighted by atomic mass is 10.5. The van der Waals surface area contributed by atoms with Gasteiger partial charge in [0.15, 0.2) is 0 Å². The third-order valence-electron chi connectivity index (χ3n) is 0.995. The normalized spacial score (nSPS) is 8.09. The van der Waals surface area contributed by atoms with E-state index in [9.17, 15) is 4.79 Å². The number of carbonyl (C=O) groups is 1. The van der Waals surface area contributed by atoms with Crippen LogP contribution in [0.25, 0.3) is 0 Å². The zero-order valence-electron chi connectivity index (χ0n) is 6.01. The van der Waals surface area contributed by atoms with Crippen LogP contribution in [0.3, 0.4) is 0 Å². The van der Waals surface area contributed by atoms with E-state index < -0.39 is 0 Å². The number of rotatable bonds is 1. The molecule has 0 aliphatic rings. The molecular weight excluding hydrogens is 142 g/mol. The van der Waals surface area contributed by atoms with Gasteiger partial charge in [-0.3, -0.25) is 9.89 Å². The van der Waals surface area contributed by atoms with Crippen molar-refractivity contribution in [1.29, 1.82) is 0 Å². The van der Waals surface area contributed by atoms with Gasteiger partial charge in [-0.25, -0.2) is 0 Å². The minimum atomic E-state index is -0.325. The first-order chi connectivity index (χ1) is 5.33. The van der Waals surface area contributed by atoms with Crippen LogP contribution in [-0.2, 0) is 4.79 Å². The Balaban J connectivity index is 2.55. The Kier molecular flexibility index (Phi) is 2.28. The van der Waals surface area contributed by atoms with Gasteiger partial charge in [0, 0.05) is 6.20 Å². The van der Waals surface area contributed by atoms with Crippen molar-refractivity contribution in [3.05, 3.63) is 12.4 Å². The molecule has 11 heavy (non-hydrogen) atoms. The summed E-state index contributed by atoms with van der Waals surface area (Å²) in [6, 6.07) is 0. The number of hydrogen-bond acceptors (Lipinski definition) is 2. The largest absolute Gasteiger partial charge is 0.312 e. The van der Waals surface area contributed by atoms with Crippen molar-refractivity contribution in [3.63, 3.8) is 0 Å². The summed E-state index contributed by atoms with van der Waals surface area (Å²) in [5, 5.41) is 8.73. The Morgan fingerprint density at radius 3 is 3.18 bits per heavy atom. The standard InChI is InChI=1S/C7H7N3O/c1-2-3-7(11)10-6-4-8-9-5-6/h4-5H,1H3,(H,8,9)(H,10,11). The Morgan fingerprint density at radius 2 is 2.64 bits per heavy atom. The van der Waals surface area contributed by atoms with Crippen LogP contribution >= 0.6 is 0 Å². The average Bonchev–Trinajstić information content (AvgIpc) is 2.40. The number of H-pyrrole nitrogens is 1. The van der Waals surface area contributed by atoms with Gasteiger partial charge in [-0.05, 0) is 12.8 Å². The zero-order chi connectivity index (χ0) is 8.10. The van der Waals surface area contributed by atoms with Crippen molar-refractivity contribution in [2.24, 2.45) is 0 Å². The second-order valence-corrected chi connectivity index (χ2v) is 1.82. The van der Waals surface area contributed by atoms with Crippen LogP contribution < -0.4 is 5.32 Å². The summed E-state index contributed by atoms with van der Waals surface area (Å²) in [4.78, 5) is 10.8. The number of nitrogens with one attached hydrogen (secondary N) is 2. The second-order valence-electron chi connectivity index (χ2n) is 1.82. The maximum absolute atomic E-state index is 10.8. The van der Waals surface area contributed by atoms with E-state index in [2.05, 4.69) is 27.4 Å². The number of nitrogens with zero attached hydrogens (tertiary/aromatic N) is 1. The van der Waals surface area contributed by atoms with Crippen molar-refractivity contribution in [2.75, 3.05) is 5.32 Å². The summed E-state index contributed by atoms with van der Waals surface area (Å²) in [6.07, 6.45) is 3.09. The molecule has 1 aromatic heterocycles. The predicted molar refractivity (Wildman–Crippen MR) is 40.7 cm³/mol. The quantitative estimate of drug-likeness (QED) is 0.567. The lowest BCUT2D eigenvalue weighted by molar-refractivity contribution is -0.111. The summed E-state index contributed by atoms with van der Waals surface area (Å²) in [7, 11) is 0. The van der Waals surface area contributed by atoms with Crippen molar-refractivity contribution in [2.45, 2.75) is 6.92 Å². The lowest BCUT2D eigenvalue weighted by Gasteiger charge is -1.91. The highest BCUT2D eigenvalue weighted by Crippen LogP contribution is 1.99. The van der Waals surface area contributed by atoms with Crippen LogP contribution in [0, 0.1) is 11.8 Å². The van der Waals surface area contributed by atoms with E-state index in [1.54, 1.807) is 13.1 Å². The first-order valence-electron chi connectivity index (χ1n) is 3.05. The molecule has 0 radical (unpaired) electrons. The zero-order valence-corrected chi connectivity index (χ0v) is 6.01. The third kappa shape index (κ3) is 2.14. The number of aromatic amines is 1. The molecular formula is C7H7N3O. The molecule has 0 fully saturated rings. The molecule has 0 aliphatic carbocycles. The van der Waals surface area contributed by atoms with Crippen molar-refractivity contribution in [3.8, 4) is 11.8 Å². The van der Waals surface area contributed by atoms with Gasteiger partial charge in [-0.1, -0.05) is 5.92 Å². The number of aromatic nitrogens is 2. The van der Waals surface area contributed by atoms with Crippen LogP contribution in [0.4, 0.5) is 5.69 Å². The molecule has 56 valence electrons. The fourth-order valence-corrected chi connectivity index (χ4v) is 0.595. The van der Waals surface area contributed by atoms with E-state index in [4.69, 9.17) is 0 Å². The SMILES string of the molecule is CC#CC(=O)Nc1cn[nH]c1. The highest BCUT2D eigenvalue weighted by Gasteiger charge is 1.96. The smallest absolute Gasteiger partial charge is 0.300 e. The molecule has 1 rings (SSSR count). The number of anilines is 1. The molecule has 0 atom stereocenters. The topological polar surface area (TPSA) is 57.8 Å². The first kappa shape index (κ1) is 7.35. The van der Waals surface area contributed by atoms with Gasteiger partial charge in [0.05, 0.1) is 11.9 Å². The Labute approximate surface area is 64.0 Å². The highest BCUT2D eigenvalue weighted by atomic mass is 16.1. The molecule has 0 saturated heterocycles. The predicted octanol–water partition coefficient (Wildman–Crippen LogP) is 0.371. The fourth-order valence-electron chi connectivity index (χ4n) is 0.595. The minimum Gasteiger partial charge on any atom is -0.312 e. The summed E-state index contributed by atoms with van der Waals surface area (Å²) in [5.41, 5.74) is 0.623. The molecule has 4 nitrogen and oxygen atoms in total.